The molecule has 0 spiro atoms. The number of furan rings is 2. The average Bonchev–Trinajstić information content (AvgIpc) is 3.87. The van der Waals surface area contributed by atoms with Gasteiger partial charge in [0.15, 0.2) is 11.6 Å². The van der Waals surface area contributed by atoms with Crippen molar-refractivity contribution in [2.24, 2.45) is 0 Å². The molecule has 0 bridgehead atoms. The SMILES string of the molecule is C1=CC2=C(C=CC(c3nc(-c4ccc(-c5cc(-c6ccccc6)cc6oc7ccccc7c56)c5ccccc45)nc(-c4cccc5c4oc4ccccc45)n3)C2)CC1. The van der Waals surface area contributed by atoms with Gasteiger partial charge in [-0.1, -0.05) is 133 Å². The third-order valence-electron chi connectivity index (χ3n) is 12.0. The molecule has 0 N–H and O–H groups in total. The van der Waals surface area contributed by atoms with E-state index in [2.05, 4.69) is 140 Å². The summed E-state index contributed by atoms with van der Waals surface area (Å²) in [5.41, 5.74) is 12.4. The standard InChI is InChI=1S/C53H35N3O2/c1-2-13-32(14-3-1)36-30-45(49-43-20-9-11-24-47(43)57-48(49)31-36)39-27-28-42(38-18-7-6-17-37(38)39)52-54-51(35-26-25-33-15-4-5-16-34(33)29-35)55-53(56-52)44-22-12-21-41-40-19-8-10-23-46(40)58-50(41)44/h1-3,5-14,16-28,30-31,35H,4,15,29H2. The number of para-hydroxylation sites is 3. The third kappa shape index (κ3) is 5.27. The highest BCUT2D eigenvalue weighted by molar-refractivity contribution is 6.17. The summed E-state index contributed by atoms with van der Waals surface area (Å²) >= 11 is 0. The van der Waals surface area contributed by atoms with Gasteiger partial charge in [-0.05, 0) is 99.8 Å². The second-order valence-electron chi connectivity index (χ2n) is 15.4. The Morgan fingerprint density at radius 2 is 1.16 bits per heavy atom. The molecule has 10 aromatic rings. The third-order valence-corrected chi connectivity index (χ3v) is 12.0. The average molecular weight is 746 g/mol. The Balaban J connectivity index is 1.08. The van der Waals surface area contributed by atoms with E-state index in [0.29, 0.717) is 11.6 Å². The van der Waals surface area contributed by atoms with Crippen LogP contribution in [0.5, 0.6) is 0 Å². The van der Waals surface area contributed by atoms with Gasteiger partial charge >= 0.3 is 0 Å². The summed E-state index contributed by atoms with van der Waals surface area (Å²) in [6, 6.07) is 50.8. The van der Waals surface area contributed by atoms with Crippen LogP contribution in [0.15, 0.2) is 190 Å². The number of rotatable bonds is 5. The summed E-state index contributed by atoms with van der Waals surface area (Å²) in [6.07, 6.45) is 12.1. The van der Waals surface area contributed by atoms with Gasteiger partial charge < -0.3 is 8.83 Å². The van der Waals surface area contributed by atoms with Crippen LogP contribution in [0.4, 0.5) is 0 Å². The molecule has 0 fully saturated rings. The summed E-state index contributed by atoms with van der Waals surface area (Å²) in [5.74, 6) is 2.00. The second-order valence-corrected chi connectivity index (χ2v) is 15.4. The molecule has 5 heteroatoms. The number of aromatic nitrogens is 3. The zero-order chi connectivity index (χ0) is 38.2. The number of nitrogens with zero attached hydrogens (tertiary/aromatic N) is 3. The van der Waals surface area contributed by atoms with Crippen molar-refractivity contribution in [3.63, 3.8) is 0 Å². The van der Waals surface area contributed by atoms with Crippen molar-refractivity contribution < 1.29 is 8.83 Å². The quantitative estimate of drug-likeness (QED) is 0.175. The summed E-state index contributed by atoms with van der Waals surface area (Å²) in [6.45, 7) is 0. The zero-order valence-electron chi connectivity index (χ0n) is 31.5. The van der Waals surface area contributed by atoms with E-state index in [1.165, 1.54) is 11.1 Å². The Kier molecular flexibility index (Phi) is 7.42. The molecule has 12 rings (SSSR count). The van der Waals surface area contributed by atoms with Gasteiger partial charge in [-0.3, -0.25) is 0 Å². The number of benzene rings is 7. The maximum atomic E-state index is 6.54. The van der Waals surface area contributed by atoms with Crippen LogP contribution in [0, 0.1) is 0 Å². The first-order valence-corrected chi connectivity index (χ1v) is 20.0. The minimum atomic E-state index is 0.00537. The smallest absolute Gasteiger partial charge is 0.167 e. The minimum Gasteiger partial charge on any atom is -0.456 e. The van der Waals surface area contributed by atoms with Crippen LogP contribution in [-0.2, 0) is 0 Å². The normalized spacial score (nSPS) is 15.3. The Morgan fingerprint density at radius 1 is 0.466 bits per heavy atom. The lowest BCUT2D eigenvalue weighted by molar-refractivity contribution is 0.668. The van der Waals surface area contributed by atoms with E-state index in [4.69, 9.17) is 23.8 Å². The molecule has 0 amide bonds. The topological polar surface area (TPSA) is 65.0 Å². The molecule has 1 unspecified atom stereocenters. The molecule has 5 nitrogen and oxygen atoms in total. The number of hydrogen-bond acceptors (Lipinski definition) is 5. The second kappa shape index (κ2) is 13.1. The predicted octanol–water partition coefficient (Wildman–Crippen LogP) is 14.2. The fourth-order valence-corrected chi connectivity index (χ4v) is 9.15. The van der Waals surface area contributed by atoms with Crippen LogP contribution < -0.4 is 0 Å². The molecule has 0 aliphatic heterocycles. The van der Waals surface area contributed by atoms with E-state index >= 15 is 0 Å². The van der Waals surface area contributed by atoms with Crippen molar-refractivity contribution in [1.29, 1.82) is 0 Å². The van der Waals surface area contributed by atoms with Crippen LogP contribution in [0.3, 0.4) is 0 Å². The Bertz CT molecular complexity index is 3380. The molecule has 3 heterocycles. The summed E-state index contributed by atoms with van der Waals surface area (Å²) in [7, 11) is 0. The highest BCUT2D eigenvalue weighted by Gasteiger charge is 2.25. The van der Waals surface area contributed by atoms with Gasteiger partial charge in [0.25, 0.3) is 0 Å². The van der Waals surface area contributed by atoms with Crippen molar-refractivity contribution in [2.45, 2.75) is 25.2 Å². The first-order chi connectivity index (χ1) is 28.7. The first kappa shape index (κ1) is 32.8. The van der Waals surface area contributed by atoms with E-state index in [0.717, 1.165) is 113 Å². The van der Waals surface area contributed by atoms with E-state index in [9.17, 15) is 0 Å². The van der Waals surface area contributed by atoms with Gasteiger partial charge in [0.05, 0.1) is 5.56 Å². The van der Waals surface area contributed by atoms with Gasteiger partial charge in [0, 0.05) is 33.0 Å². The largest absolute Gasteiger partial charge is 0.456 e. The van der Waals surface area contributed by atoms with E-state index < -0.39 is 0 Å². The highest BCUT2D eigenvalue weighted by Crippen LogP contribution is 2.44. The first-order valence-electron chi connectivity index (χ1n) is 20.0. The lowest BCUT2D eigenvalue weighted by atomic mass is 9.84. The van der Waals surface area contributed by atoms with E-state index in [-0.39, 0.29) is 5.92 Å². The predicted molar refractivity (Wildman–Crippen MR) is 236 cm³/mol. The fourth-order valence-electron chi connectivity index (χ4n) is 9.15. The molecule has 2 aliphatic carbocycles. The van der Waals surface area contributed by atoms with Crippen LogP contribution in [0.2, 0.25) is 0 Å². The van der Waals surface area contributed by atoms with Crippen molar-refractivity contribution in [1.82, 2.24) is 15.0 Å². The number of hydrogen-bond donors (Lipinski definition) is 0. The molecule has 2 aliphatic rings. The maximum absolute atomic E-state index is 6.54. The highest BCUT2D eigenvalue weighted by atomic mass is 16.3. The zero-order valence-corrected chi connectivity index (χ0v) is 31.5. The molecule has 274 valence electrons. The van der Waals surface area contributed by atoms with Crippen molar-refractivity contribution in [3.05, 3.63) is 187 Å². The maximum Gasteiger partial charge on any atom is 0.167 e. The Morgan fingerprint density at radius 3 is 2.00 bits per heavy atom. The Labute approximate surface area is 334 Å². The molecule has 7 aromatic carbocycles. The molecule has 58 heavy (non-hydrogen) atoms. The Hall–Kier alpha value is -7.37. The number of allylic oxidation sites excluding steroid dienone is 6. The van der Waals surface area contributed by atoms with Crippen molar-refractivity contribution in [2.75, 3.05) is 0 Å². The molecular formula is C53H35N3O2. The van der Waals surface area contributed by atoms with Gasteiger partial charge in [-0.2, -0.15) is 0 Å². The molecule has 1 atom stereocenters. The van der Waals surface area contributed by atoms with Gasteiger partial charge in [-0.25, -0.2) is 15.0 Å². The monoisotopic (exact) mass is 745 g/mol. The molecule has 0 saturated carbocycles. The lowest BCUT2D eigenvalue weighted by Crippen LogP contribution is -2.11. The van der Waals surface area contributed by atoms with Crippen LogP contribution in [-0.4, -0.2) is 15.0 Å². The van der Waals surface area contributed by atoms with Gasteiger partial charge in [0.2, 0.25) is 0 Å². The van der Waals surface area contributed by atoms with Gasteiger partial charge in [0.1, 0.15) is 28.2 Å². The minimum absolute atomic E-state index is 0.00537. The van der Waals surface area contributed by atoms with E-state index in [1.54, 1.807) is 0 Å². The number of fused-ring (bicyclic) bond motifs is 7. The van der Waals surface area contributed by atoms with Crippen molar-refractivity contribution >= 4 is 54.6 Å². The summed E-state index contributed by atoms with van der Waals surface area (Å²) in [4.78, 5) is 15.9. The summed E-state index contributed by atoms with van der Waals surface area (Å²) in [5, 5.41) is 6.49. The molecule has 3 aromatic heterocycles. The lowest BCUT2D eigenvalue weighted by Gasteiger charge is -2.23. The summed E-state index contributed by atoms with van der Waals surface area (Å²) < 4.78 is 13.1. The fraction of sp³-hybridized carbons (Fsp3) is 0.0755. The molecular weight excluding hydrogens is 711 g/mol. The van der Waals surface area contributed by atoms with Crippen LogP contribution in [0.25, 0.3) is 99.7 Å². The van der Waals surface area contributed by atoms with Gasteiger partial charge in [-0.15, -0.1) is 0 Å². The van der Waals surface area contributed by atoms with Crippen molar-refractivity contribution in [3.8, 4) is 45.0 Å². The van der Waals surface area contributed by atoms with E-state index in [1.807, 2.05) is 30.3 Å². The molecule has 0 radical (unpaired) electrons. The van der Waals surface area contributed by atoms with Crippen LogP contribution in [0.1, 0.15) is 31.0 Å². The van der Waals surface area contributed by atoms with Crippen LogP contribution >= 0.6 is 0 Å². The molecule has 0 saturated heterocycles.